The number of imidazole rings is 1. The van der Waals surface area contributed by atoms with Crippen LogP contribution in [0.1, 0.15) is 63.2 Å². The van der Waals surface area contributed by atoms with Gasteiger partial charge in [0.25, 0.3) is 0 Å². The molecule has 1 aliphatic carbocycles. The number of pyridine rings is 1. The smallest absolute Gasteiger partial charge is 0.248 e. The van der Waals surface area contributed by atoms with Gasteiger partial charge in [0.05, 0.1) is 23.3 Å². The largest absolute Gasteiger partial charge is 0.378 e. The van der Waals surface area contributed by atoms with Crippen LogP contribution in [0, 0.1) is 0 Å². The Morgan fingerprint density at radius 1 is 1.17 bits per heavy atom. The van der Waals surface area contributed by atoms with Crippen molar-refractivity contribution in [3.63, 3.8) is 0 Å². The molecule has 2 aliphatic rings. The second-order valence-corrected chi connectivity index (χ2v) is 8.92. The summed E-state index contributed by atoms with van der Waals surface area (Å²) in [6.45, 7) is 2.78. The molecule has 2 aromatic heterocycles. The summed E-state index contributed by atoms with van der Waals surface area (Å²) >= 11 is 6.31. The zero-order chi connectivity index (χ0) is 20.2. The normalized spacial score (nSPS) is 25.7. The van der Waals surface area contributed by atoms with Crippen LogP contribution in [-0.2, 0) is 4.74 Å². The van der Waals surface area contributed by atoms with Gasteiger partial charge in [-0.05, 0) is 50.8 Å². The number of alkyl halides is 2. The van der Waals surface area contributed by atoms with Crippen molar-refractivity contribution in [1.82, 2.24) is 14.5 Å². The summed E-state index contributed by atoms with van der Waals surface area (Å²) in [7, 11) is 0. The number of ether oxygens (including phenoxy) is 1. The fourth-order valence-electron chi connectivity index (χ4n) is 4.93. The lowest BCUT2D eigenvalue weighted by atomic mass is 9.86. The minimum absolute atomic E-state index is 0.0365. The summed E-state index contributed by atoms with van der Waals surface area (Å²) in [6.07, 6.45) is 4.49. The molecule has 0 bridgehead atoms. The van der Waals surface area contributed by atoms with Crippen LogP contribution in [-0.4, -0.2) is 33.2 Å². The quantitative estimate of drug-likeness (QED) is 0.491. The molecular formula is C22H24ClF2N3O. The molecule has 2 fully saturated rings. The van der Waals surface area contributed by atoms with Crippen LogP contribution in [0.2, 0.25) is 5.02 Å². The van der Waals surface area contributed by atoms with E-state index in [4.69, 9.17) is 21.3 Å². The molecule has 1 aliphatic heterocycles. The van der Waals surface area contributed by atoms with E-state index in [0.29, 0.717) is 24.5 Å². The highest BCUT2D eigenvalue weighted by molar-refractivity contribution is 6.31. The van der Waals surface area contributed by atoms with Crippen molar-refractivity contribution in [2.75, 3.05) is 6.61 Å². The molecule has 0 amide bonds. The number of hydrogen-bond donors (Lipinski definition) is 0. The molecule has 29 heavy (non-hydrogen) atoms. The van der Waals surface area contributed by atoms with Gasteiger partial charge in [-0.25, -0.2) is 13.8 Å². The predicted molar refractivity (Wildman–Crippen MR) is 110 cm³/mol. The van der Waals surface area contributed by atoms with E-state index in [0.717, 1.165) is 40.6 Å². The maximum absolute atomic E-state index is 13.8. The first kappa shape index (κ1) is 19.2. The van der Waals surface area contributed by atoms with E-state index in [1.807, 2.05) is 18.2 Å². The molecule has 3 heterocycles. The molecule has 1 saturated carbocycles. The van der Waals surface area contributed by atoms with Crippen molar-refractivity contribution in [1.29, 1.82) is 0 Å². The number of rotatable bonds is 2. The van der Waals surface area contributed by atoms with Gasteiger partial charge in [0.15, 0.2) is 0 Å². The third-order valence-electron chi connectivity index (χ3n) is 6.41. The Morgan fingerprint density at radius 2 is 1.97 bits per heavy atom. The minimum Gasteiger partial charge on any atom is -0.378 e. The van der Waals surface area contributed by atoms with E-state index in [1.165, 1.54) is 0 Å². The Labute approximate surface area is 173 Å². The van der Waals surface area contributed by atoms with Crippen molar-refractivity contribution in [3.05, 3.63) is 35.2 Å². The molecule has 7 heteroatoms. The van der Waals surface area contributed by atoms with E-state index in [2.05, 4.69) is 16.5 Å². The lowest BCUT2D eigenvalue weighted by molar-refractivity contribution is -0.0393. The zero-order valence-corrected chi connectivity index (χ0v) is 17.1. The second-order valence-electron chi connectivity index (χ2n) is 8.48. The van der Waals surface area contributed by atoms with Gasteiger partial charge in [0, 0.05) is 41.8 Å². The van der Waals surface area contributed by atoms with Gasteiger partial charge in [-0.3, -0.25) is 4.98 Å². The summed E-state index contributed by atoms with van der Waals surface area (Å²) in [4.78, 5) is 9.49. The number of benzene rings is 1. The highest BCUT2D eigenvalue weighted by Crippen LogP contribution is 2.43. The van der Waals surface area contributed by atoms with Crippen molar-refractivity contribution in [2.45, 2.75) is 69.4 Å². The Balaban J connectivity index is 1.70. The van der Waals surface area contributed by atoms with Gasteiger partial charge < -0.3 is 9.30 Å². The molecule has 3 aromatic rings. The summed E-state index contributed by atoms with van der Waals surface area (Å²) in [5.41, 5.74) is 2.69. The number of fused-ring (bicyclic) bond motifs is 3. The predicted octanol–water partition coefficient (Wildman–Crippen LogP) is 6.27. The topological polar surface area (TPSA) is 39.9 Å². The van der Waals surface area contributed by atoms with E-state index in [1.54, 1.807) is 6.20 Å². The van der Waals surface area contributed by atoms with E-state index in [9.17, 15) is 8.78 Å². The SMILES string of the molecule is C[C@@H]1C[C@H](n2c(C3CCC(F)(F)CC3)nc3cnc4ccc(Cl)cc4c32)CCO1. The molecule has 0 radical (unpaired) electrons. The van der Waals surface area contributed by atoms with Gasteiger partial charge in [-0.15, -0.1) is 0 Å². The lowest BCUT2D eigenvalue weighted by Gasteiger charge is -2.33. The molecule has 0 spiro atoms. The van der Waals surface area contributed by atoms with Gasteiger partial charge in [-0.2, -0.15) is 0 Å². The van der Waals surface area contributed by atoms with Crippen molar-refractivity contribution in [3.8, 4) is 0 Å². The van der Waals surface area contributed by atoms with Gasteiger partial charge in [0.1, 0.15) is 11.3 Å². The molecule has 1 saturated heterocycles. The molecule has 0 N–H and O–H groups in total. The van der Waals surface area contributed by atoms with Crippen LogP contribution < -0.4 is 0 Å². The number of hydrogen-bond acceptors (Lipinski definition) is 3. The number of nitrogens with zero attached hydrogens (tertiary/aromatic N) is 3. The van der Waals surface area contributed by atoms with Gasteiger partial charge in [0.2, 0.25) is 5.92 Å². The molecule has 5 rings (SSSR count). The van der Waals surface area contributed by atoms with Crippen LogP contribution in [0.25, 0.3) is 21.9 Å². The van der Waals surface area contributed by atoms with Crippen molar-refractivity contribution >= 4 is 33.5 Å². The standard InChI is InChI=1S/C22H24ClF2N3O/c1-13-10-16(6-9-29-13)28-20-17-11-15(23)2-3-18(17)26-12-19(20)27-21(28)14-4-7-22(24,25)8-5-14/h2-3,11-14,16H,4-10H2,1H3/t13-,16-/m1/s1. The third-order valence-corrected chi connectivity index (χ3v) is 6.64. The van der Waals surface area contributed by atoms with E-state index in [-0.39, 0.29) is 30.9 Å². The lowest BCUT2D eigenvalue weighted by Crippen LogP contribution is -2.29. The molecular weight excluding hydrogens is 396 g/mol. The highest BCUT2D eigenvalue weighted by atomic mass is 35.5. The number of halogens is 3. The van der Waals surface area contributed by atoms with Crippen LogP contribution >= 0.6 is 11.6 Å². The molecule has 2 atom stereocenters. The van der Waals surface area contributed by atoms with Crippen LogP contribution in [0.3, 0.4) is 0 Å². The zero-order valence-electron chi connectivity index (χ0n) is 16.4. The third kappa shape index (κ3) is 3.50. The van der Waals surface area contributed by atoms with Crippen LogP contribution in [0.5, 0.6) is 0 Å². The fraction of sp³-hybridized carbons (Fsp3) is 0.545. The van der Waals surface area contributed by atoms with Crippen LogP contribution in [0.4, 0.5) is 8.78 Å². The average molecular weight is 420 g/mol. The first-order valence-electron chi connectivity index (χ1n) is 10.4. The Morgan fingerprint density at radius 3 is 2.72 bits per heavy atom. The van der Waals surface area contributed by atoms with Gasteiger partial charge >= 0.3 is 0 Å². The van der Waals surface area contributed by atoms with Crippen molar-refractivity contribution in [2.24, 2.45) is 0 Å². The first-order valence-corrected chi connectivity index (χ1v) is 10.7. The summed E-state index contributed by atoms with van der Waals surface area (Å²) < 4.78 is 35.7. The summed E-state index contributed by atoms with van der Waals surface area (Å²) in [6, 6.07) is 5.92. The summed E-state index contributed by atoms with van der Waals surface area (Å²) in [5.74, 6) is -1.60. The fourth-order valence-corrected chi connectivity index (χ4v) is 5.10. The van der Waals surface area contributed by atoms with E-state index >= 15 is 0 Å². The summed E-state index contributed by atoms with van der Waals surface area (Å²) in [5, 5.41) is 1.62. The molecule has 1 aromatic carbocycles. The Kier molecular flexibility index (Phi) is 4.74. The van der Waals surface area contributed by atoms with Crippen LogP contribution in [0.15, 0.2) is 24.4 Å². The molecule has 0 unspecified atom stereocenters. The number of aromatic nitrogens is 3. The van der Waals surface area contributed by atoms with Gasteiger partial charge in [-0.1, -0.05) is 11.6 Å². The second kappa shape index (κ2) is 7.17. The molecule has 154 valence electrons. The monoisotopic (exact) mass is 419 g/mol. The maximum atomic E-state index is 13.8. The Hall–Kier alpha value is -1.79. The minimum atomic E-state index is -2.55. The average Bonchev–Trinajstić information content (AvgIpc) is 3.08. The highest BCUT2D eigenvalue weighted by Gasteiger charge is 2.38. The Bertz CT molecular complexity index is 1060. The molecule has 4 nitrogen and oxygen atoms in total. The maximum Gasteiger partial charge on any atom is 0.248 e. The van der Waals surface area contributed by atoms with Crippen molar-refractivity contribution < 1.29 is 13.5 Å². The first-order chi connectivity index (χ1) is 13.9. The van der Waals surface area contributed by atoms with E-state index < -0.39 is 5.92 Å².